The number of urea groups is 1. The number of alkyl halides is 3. The minimum atomic E-state index is -5.18. The van der Waals surface area contributed by atoms with Crippen LogP contribution in [-0.4, -0.2) is 48.1 Å². The third kappa shape index (κ3) is 4.89. The van der Waals surface area contributed by atoms with Crippen molar-refractivity contribution in [1.29, 1.82) is 0 Å². The Labute approximate surface area is 105 Å². The Hall–Kier alpha value is -2.20. The Morgan fingerprint density at radius 2 is 1.84 bits per heavy atom. The number of aliphatic carboxylic acids is 1. The molecule has 0 aromatic rings. The van der Waals surface area contributed by atoms with Crippen LogP contribution in [-0.2, 0) is 9.53 Å². The zero-order valence-electron chi connectivity index (χ0n) is 9.71. The van der Waals surface area contributed by atoms with Crippen molar-refractivity contribution < 1.29 is 37.4 Å². The van der Waals surface area contributed by atoms with Gasteiger partial charge in [-0.2, -0.15) is 13.2 Å². The summed E-state index contributed by atoms with van der Waals surface area (Å²) in [6, 6.07) is -1.38. The highest BCUT2D eigenvalue weighted by molar-refractivity contribution is 5.86. The summed E-state index contributed by atoms with van der Waals surface area (Å²) in [5.74, 6) is -2.26. The van der Waals surface area contributed by atoms with Crippen LogP contribution in [0, 0.1) is 0 Å². The number of carboxylic acids is 1. The maximum atomic E-state index is 12.5. The van der Waals surface area contributed by atoms with E-state index in [0.29, 0.717) is 6.92 Å². The zero-order valence-corrected chi connectivity index (χ0v) is 9.71. The summed E-state index contributed by atoms with van der Waals surface area (Å²) < 4.78 is 41.7. The molecule has 0 saturated heterocycles. The monoisotopic (exact) mass is 287 g/mol. The van der Waals surface area contributed by atoms with Gasteiger partial charge in [-0.1, -0.05) is 0 Å². The molecular formula is C8H12F3N3O5. The molecule has 19 heavy (non-hydrogen) atoms. The molecule has 3 amide bonds. The minimum Gasteiger partial charge on any atom is -0.479 e. The first-order valence-corrected chi connectivity index (χ1v) is 4.79. The molecule has 8 nitrogen and oxygen atoms in total. The van der Waals surface area contributed by atoms with Crippen LogP contribution in [0.2, 0.25) is 0 Å². The number of amides is 3. The maximum absolute atomic E-state index is 12.5. The Morgan fingerprint density at radius 3 is 2.21 bits per heavy atom. The second kappa shape index (κ2) is 6.11. The Bertz CT molecular complexity index is 373. The van der Waals surface area contributed by atoms with E-state index in [9.17, 15) is 27.6 Å². The van der Waals surface area contributed by atoms with Crippen molar-refractivity contribution in [3.63, 3.8) is 0 Å². The number of halogens is 3. The fraction of sp³-hybridized carbons (Fsp3) is 0.625. The average molecular weight is 287 g/mol. The summed E-state index contributed by atoms with van der Waals surface area (Å²) in [5.41, 5.74) is 1.16. The second-order valence-corrected chi connectivity index (χ2v) is 3.48. The normalized spacial score (nSPS) is 14.1. The second-order valence-electron chi connectivity index (χ2n) is 3.48. The van der Waals surface area contributed by atoms with E-state index in [-0.39, 0.29) is 13.2 Å². The minimum absolute atomic E-state index is 0.300. The predicted molar refractivity (Wildman–Crippen MR) is 54.2 cm³/mol. The van der Waals surface area contributed by atoms with Crippen molar-refractivity contribution in [1.82, 2.24) is 10.6 Å². The van der Waals surface area contributed by atoms with Gasteiger partial charge in [0.05, 0.1) is 6.54 Å². The maximum Gasteiger partial charge on any atom is 0.422 e. The molecule has 0 fully saturated rings. The van der Waals surface area contributed by atoms with Gasteiger partial charge in [-0.25, -0.2) is 14.4 Å². The molecule has 0 aromatic carbocycles. The van der Waals surface area contributed by atoms with Crippen LogP contribution < -0.4 is 16.4 Å². The fourth-order valence-electron chi connectivity index (χ4n) is 0.833. The van der Waals surface area contributed by atoms with Gasteiger partial charge in [0.1, 0.15) is 6.61 Å². The molecule has 5 N–H and O–H groups in total. The van der Waals surface area contributed by atoms with Crippen molar-refractivity contribution in [2.75, 3.05) is 13.2 Å². The van der Waals surface area contributed by atoms with E-state index in [4.69, 9.17) is 5.11 Å². The number of hydrogen-bond acceptors (Lipinski definition) is 4. The van der Waals surface area contributed by atoms with Crippen LogP contribution in [0.25, 0.3) is 0 Å². The largest absolute Gasteiger partial charge is 0.479 e. The summed E-state index contributed by atoms with van der Waals surface area (Å²) >= 11 is 0. The van der Waals surface area contributed by atoms with Crippen molar-refractivity contribution in [3.05, 3.63) is 0 Å². The van der Waals surface area contributed by atoms with Crippen molar-refractivity contribution in [2.24, 2.45) is 5.73 Å². The molecule has 0 radical (unpaired) electrons. The van der Waals surface area contributed by atoms with Gasteiger partial charge in [-0.3, -0.25) is 0 Å². The van der Waals surface area contributed by atoms with Gasteiger partial charge in [0, 0.05) is 0 Å². The summed E-state index contributed by atoms with van der Waals surface area (Å²) in [4.78, 5) is 31.8. The van der Waals surface area contributed by atoms with Crippen LogP contribution in [0.15, 0.2) is 0 Å². The summed E-state index contributed by atoms with van der Waals surface area (Å²) in [6.07, 6.45) is -6.30. The highest BCUT2D eigenvalue weighted by Gasteiger charge is 2.58. The number of ether oxygens (including phenoxy) is 1. The summed E-state index contributed by atoms with van der Waals surface area (Å²) in [6.45, 7) is -0.393. The Morgan fingerprint density at radius 1 is 1.32 bits per heavy atom. The van der Waals surface area contributed by atoms with Crippen molar-refractivity contribution >= 4 is 18.1 Å². The van der Waals surface area contributed by atoms with E-state index >= 15 is 0 Å². The number of carbonyl (C=O) groups is 3. The van der Waals surface area contributed by atoms with Gasteiger partial charge in [0.2, 0.25) is 5.54 Å². The molecule has 0 rings (SSSR count). The number of nitrogens with one attached hydrogen (secondary N) is 2. The molecule has 0 aromatic heterocycles. The first-order valence-electron chi connectivity index (χ1n) is 4.79. The topological polar surface area (TPSA) is 131 Å². The fourth-order valence-corrected chi connectivity index (χ4v) is 0.833. The third-order valence-electron chi connectivity index (χ3n) is 1.99. The van der Waals surface area contributed by atoms with Crippen LogP contribution in [0.4, 0.5) is 22.8 Å². The standard InChI is InChI=1S/C8H12F3N3O5/c1-7(4(15)16,8(9,10)11)14-6(18)13-2-3-19-5(12)17/h2-3H2,1H3,(H2,12,17)(H,15,16)(H2,13,14,18). The lowest BCUT2D eigenvalue weighted by molar-refractivity contribution is -0.203. The lowest BCUT2D eigenvalue weighted by Gasteiger charge is -2.28. The lowest BCUT2D eigenvalue weighted by Crippen LogP contribution is -2.63. The predicted octanol–water partition coefficient (Wildman–Crippen LogP) is -0.214. The third-order valence-corrected chi connectivity index (χ3v) is 1.99. The molecule has 0 aliphatic carbocycles. The number of hydrogen-bond donors (Lipinski definition) is 4. The zero-order chi connectivity index (χ0) is 15.3. The van der Waals surface area contributed by atoms with E-state index in [2.05, 4.69) is 10.5 Å². The average Bonchev–Trinajstić information content (AvgIpc) is 2.22. The van der Waals surface area contributed by atoms with E-state index in [1.165, 1.54) is 5.32 Å². The van der Waals surface area contributed by atoms with Crippen LogP contribution in [0.3, 0.4) is 0 Å². The van der Waals surface area contributed by atoms with E-state index in [0.717, 1.165) is 0 Å². The van der Waals surface area contributed by atoms with Gasteiger partial charge in [-0.05, 0) is 6.92 Å². The van der Waals surface area contributed by atoms with Crippen LogP contribution in [0.1, 0.15) is 6.92 Å². The summed E-state index contributed by atoms with van der Waals surface area (Å²) in [7, 11) is 0. The molecule has 1 unspecified atom stereocenters. The SMILES string of the molecule is CC(NC(=O)NCCOC(N)=O)(C(=O)O)C(F)(F)F. The van der Waals surface area contributed by atoms with Crippen molar-refractivity contribution in [3.8, 4) is 0 Å². The molecule has 0 heterocycles. The number of carboxylic acid groups (broad SMARTS) is 1. The van der Waals surface area contributed by atoms with Gasteiger partial charge in [0.25, 0.3) is 0 Å². The Balaban J connectivity index is 4.43. The number of primary amides is 1. The molecule has 11 heteroatoms. The summed E-state index contributed by atoms with van der Waals surface area (Å²) in [5, 5.41) is 11.7. The van der Waals surface area contributed by atoms with Gasteiger partial charge < -0.3 is 26.2 Å². The molecule has 0 saturated carbocycles. The highest BCUT2D eigenvalue weighted by atomic mass is 19.4. The Kier molecular flexibility index (Phi) is 5.40. The van der Waals surface area contributed by atoms with Crippen LogP contribution in [0.5, 0.6) is 0 Å². The molecule has 0 aliphatic rings. The number of rotatable bonds is 5. The first kappa shape index (κ1) is 16.8. The van der Waals surface area contributed by atoms with E-state index in [1.807, 2.05) is 5.32 Å². The number of nitrogens with two attached hydrogens (primary N) is 1. The molecule has 110 valence electrons. The quantitative estimate of drug-likeness (QED) is 0.519. The highest BCUT2D eigenvalue weighted by Crippen LogP contribution is 2.30. The molecule has 0 bridgehead atoms. The first-order chi connectivity index (χ1) is 8.50. The van der Waals surface area contributed by atoms with Gasteiger partial charge in [0.15, 0.2) is 0 Å². The smallest absolute Gasteiger partial charge is 0.422 e. The van der Waals surface area contributed by atoms with Crippen molar-refractivity contribution in [2.45, 2.75) is 18.6 Å². The van der Waals surface area contributed by atoms with Gasteiger partial charge in [-0.15, -0.1) is 0 Å². The van der Waals surface area contributed by atoms with Gasteiger partial charge >= 0.3 is 24.3 Å². The van der Waals surface area contributed by atoms with E-state index in [1.54, 1.807) is 0 Å². The molecule has 0 spiro atoms. The number of carbonyl (C=O) groups excluding carboxylic acids is 2. The molecule has 1 atom stereocenters. The van der Waals surface area contributed by atoms with Crippen LogP contribution >= 0.6 is 0 Å². The molecule has 0 aliphatic heterocycles. The molecular weight excluding hydrogens is 275 g/mol. The van der Waals surface area contributed by atoms with E-state index < -0.39 is 29.8 Å². The lowest BCUT2D eigenvalue weighted by atomic mass is 10.0.